The largest absolute Gasteiger partial charge is 0.479 e. The normalized spacial score (nSPS) is 16.6. The predicted molar refractivity (Wildman–Crippen MR) is 87.0 cm³/mol. The number of H-pyrrole nitrogens is 1. The van der Waals surface area contributed by atoms with E-state index in [2.05, 4.69) is 20.9 Å². The molecule has 0 radical (unpaired) electrons. The number of carbonyl (C=O) groups is 2. The summed E-state index contributed by atoms with van der Waals surface area (Å²) in [6, 6.07) is 3.08. The van der Waals surface area contributed by atoms with Gasteiger partial charge in [-0.05, 0) is 28.1 Å². The molecule has 0 aliphatic carbocycles. The molecule has 1 heterocycles. The van der Waals surface area contributed by atoms with Gasteiger partial charge in [-0.1, -0.05) is 11.6 Å². The zero-order valence-corrected chi connectivity index (χ0v) is 14.2. The molecule has 24 heavy (non-hydrogen) atoms. The summed E-state index contributed by atoms with van der Waals surface area (Å²) in [6.45, 7) is 0. The number of ketones is 1. The van der Waals surface area contributed by atoms with Crippen molar-refractivity contribution >= 4 is 50.2 Å². The molecule has 1 aromatic heterocycles. The lowest BCUT2D eigenvalue weighted by molar-refractivity contribution is -0.161. The molecule has 2 aromatic rings. The van der Waals surface area contributed by atoms with Crippen LogP contribution in [0.5, 0.6) is 0 Å². The first-order chi connectivity index (χ1) is 11.1. The maximum absolute atomic E-state index is 12.3. The molecule has 0 bridgehead atoms. The number of aromatic nitrogens is 1. The van der Waals surface area contributed by atoms with E-state index in [1.165, 1.54) is 12.3 Å². The highest BCUT2D eigenvalue weighted by Gasteiger charge is 2.38. The van der Waals surface area contributed by atoms with Gasteiger partial charge in [0.2, 0.25) is 0 Å². The highest BCUT2D eigenvalue weighted by Crippen LogP contribution is 2.30. The number of aliphatic hydroxyl groups is 4. The molecule has 0 aliphatic heterocycles. The van der Waals surface area contributed by atoms with Gasteiger partial charge in [0.05, 0.1) is 5.02 Å². The Morgan fingerprint density at radius 1 is 1.08 bits per heavy atom. The van der Waals surface area contributed by atoms with Crippen LogP contribution < -0.4 is 0 Å². The van der Waals surface area contributed by atoms with Crippen LogP contribution in [0.2, 0.25) is 5.02 Å². The van der Waals surface area contributed by atoms with Gasteiger partial charge in [0.15, 0.2) is 11.9 Å². The summed E-state index contributed by atoms with van der Waals surface area (Å²) in [5, 5.41) is 47.8. The Hall–Kier alpha value is -1.49. The first kappa shape index (κ1) is 18.8. The molecule has 2 rings (SSSR count). The summed E-state index contributed by atoms with van der Waals surface area (Å²) >= 11 is 9.14. The number of aromatic amines is 1. The number of aliphatic carboxylic acids is 1. The number of aliphatic hydroxyl groups excluding tert-OH is 4. The molecule has 0 saturated carbocycles. The predicted octanol–water partition coefficient (Wildman–Crippen LogP) is 0.295. The van der Waals surface area contributed by atoms with E-state index in [4.69, 9.17) is 16.7 Å². The molecular formula is C14H13BrClNO7. The summed E-state index contributed by atoms with van der Waals surface area (Å²) < 4.78 is 0.502. The van der Waals surface area contributed by atoms with Crippen LogP contribution in [0, 0.1) is 0 Å². The molecule has 0 aliphatic rings. The number of carboxylic acids is 1. The smallest absolute Gasteiger partial charge is 0.335 e. The molecule has 130 valence electrons. The van der Waals surface area contributed by atoms with Crippen LogP contribution in [0.1, 0.15) is 10.4 Å². The van der Waals surface area contributed by atoms with Gasteiger partial charge in [-0.3, -0.25) is 4.79 Å². The summed E-state index contributed by atoms with van der Waals surface area (Å²) in [5.74, 6) is -2.76. The van der Waals surface area contributed by atoms with E-state index in [9.17, 15) is 30.0 Å². The summed E-state index contributed by atoms with van der Waals surface area (Å²) in [4.78, 5) is 25.7. The Morgan fingerprint density at radius 2 is 1.67 bits per heavy atom. The van der Waals surface area contributed by atoms with Gasteiger partial charge in [0.1, 0.15) is 18.3 Å². The molecule has 8 nitrogen and oxygen atoms in total. The molecule has 10 heteroatoms. The minimum absolute atomic E-state index is 0.00549. The molecule has 6 N–H and O–H groups in total. The van der Waals surface area contributed by atoms with Crippen molar-refractivity contribution in [1.82, 2.24) is 4.98 Å². The third-order valence-electron chi connectivity index (χ3n) is 3.51. The number of nitrogens with one attached hydrogen (secondary N) is 1. The van der Waals surface area contributed by atoms with Crippen LogP contribution in [0.25, 0.3) is 10.9 Å². The molecule has 0 unspecified atom stereocenters. The number of Topliss-reactive ketones (excluding diaryl/α,β-unsaturated/α-hetero) is 1. The van der Waals surface area contributed by atoms with E-state index in [1.807, 2.05) is 0 Å². The topological polar surface area (TPSA) is 151 Å². The molecule has 0 spiro atoms. The van der Waals surface area contributed by atoms with Crippen LogP contribution in [0.15, 0.2) is 22.8 Å². The zero-order chi connectivity index (χ0) is 18.2. The molecular weight excluding hydrogens is 410 g/mol. The SMILES string of the molecule is O=C(O)[C@@H](O)[C@@H](O)[C@H](O)[C@@H](O)C(=O)c1c[nH]c2cc(Cl)c(Br)cc12. The van der Waals surface area contributed by atoms with Crippen LogP contribution in [0.3, 0.4) is 0 Å². The van der Waals surface area contributed by atoms with Gasteiger partial charge in [-0.2, -0.15) is 0 Å². The highest BCUT2D eigenvalue weighted by molar-refractivity contribution is 9.10. The second-order valence-corrected chi connectivity index (χ2v) is 6.35. The molecule has 1 aromatic carbocycles. The van der Waals surface area contributed by atoms with Crippen LogP contribution in [-0.4, -0.2) is 66.7 Å². The van der Waals surface area contributed by atoms with Crippen molar-refractivity contribution in [1.29, 1.82) is 0 Å². The minimum Gasteiger partial charge on any atom is -0.479 e. The first-order valence-electron chi connectivity index (χ1n) is 6.60. The number of hydrogen-bond donors (Lipinski definition) is 6. The number of hydrogen-bond acceptors (Lipinski definition) is 6. The Bertz CT molecular complexity index is 793. The minimum atomic E-state index is -2.35. The van der Waals surface area contributed by atoms with Gasteiger partial charge in [0.25, 0.3) is 0 Å². The average molecular weight is 423 g/mol. The lowest BCUT2D eigenvalue weighted by atomic mass is 9.96. The third kappa shape index (κ3) is 3.46. The average Bonchev–Trinajstić information content (AvgIpc) is 2.94. The van der Waals surface area contributed by atoms with Crippen molar-refractivity contribution in [3.8, 4) is 0 Å². The summed E-state index contributed by atoms with van der Waals surface area (Å²) in [7, 11) is 0. The number of benzene rings is 1. The Labute approximate surface area is 148 Å². The van der Waals surface area contributed by atoms with Crippen LogP contribution in [-0.2, 0) is 4.79 Å². The van der Waals surface area contributed by atoms with Gasteiger partial charge >= 0.3 is 5.97 Å². The Morgan fingerprint density at radius 3 is 2.25 bits per heavy atom. The molecule has 0 amide bonds. The van der Waals surface area contributed by atoms with Crippen molar-refractivity contribution in [2.45, 2.75) is 24.4 Å². The van der Waals surface area contributed by atoms with Crippen molar-refractivity contribution in [3.63, 3.8) is 0 Å². The van der Waals surface area contributed by atoms with Gasteiger partial charge < -0.3 is 30.5 Å². The zero-order valence-electron chi connectivity index (χ0n) is 11.8. The Kier molecular flexibility index (Phi) is 5.63. The van der Waals surface area contributed by atoms with E-state index < -0.39 is 36.2 Å². The standard InChI is InChI=1S/C14H13BrClNO7/c15-6-1-4-5(3-17-8(4)2-7(6)16)9(18)10(19)11(20)12(21)13(22)14(23)24/h1-3,10-13,17,19-22H,(H,23,24)/t10-,11+,12-,13-/m0/s1. The third-order valence-corrected chi connectivity index (χ3v) is 4.70. The quantitative estimate of drug-likeness (QED) is 0.366. The van der Waals surface area contributed by atoms with Crippen molar-refractivity contribution in [2.75, 3.05) is 0 Å². The fourth-order valence-electron chi connectivity index (χ4n) is 2.15. The van der Waals surface area contributed by atoms with Crippen LogP contribution in [0.4, 0.5) is 0 Å². The number of fused-ring (bicyclic) bond motifs is 1. The molecule has 0 saturated heterocycles. The number of rotatable bonds is 6. The lowest BCUT2D eigenvalue weighted by Crippen LogP contribution is -2.50. The van der Waals surface area contributed by atoms with Crippen molar-refractivity contribution in [3.05, 3.63) is 33.4 Å². The van der Waals surface area contributed by atoms with E-state index in [0.717, 1.165) is 0 Å². The van der Waals surface area contributed by atoms with Gasteiger partial charge in [-0.25, -0.2) is 4.79 Å². The van der Waals surface area contributed by atoms with Crippen molar-refractivity contribution < 1.29 is 35.1 Å². The highest BCUT2D eigenvalue weighted by atomic mass is 79.9. The van der Waals surface area contributed by atoms with Gasteiger partial charge in [-0.15, -0.1) is 0 Å². The maximum Gasteiger partial charge on any atom is 0.335 e. The molecule has 4 atom stereocenters. The summed E-state index contributed by atoms with van der Waals surface area (Å²) in [6.07, 6.45) is -7.64. The van der Waals surface area contributed by atoms with Crippen LogP contribution >= 0.6 is 27.5 Å². The lowest BCUT2D eigenvalue weighted by Gasteiger charge is -2.23. The van der Waals surface area contributed by atoms with E-state index >= 15 is 0 Å². The first-order valence-corrected chi connectivity index (χ1v) is 7.77. The number of carbonyl (C=O) groups excluding carboxylic acids is 1. The summed E-state index contributed by atoms with van der Waals surface area (Å²) in [5.41, 5.74) is 0.505. The number of carboxylic acid groups (broad SMARTS) is 1. The number of halogens is 2. The Balaban J connectivity index is 2.31. The molecule has 0 fully saturated rings. The maximum atomic E-state index is 12.3. The fourth-order valence-corrected chi connectivity index (χ4v) is 2.66. The van der Waals surface area contributed by atoms with E-state index in [-0.39, 0.29) is 5.56 Å². The van der Waals surface area contributed by atoms with E-state index in [1.54, 1.807) is 6.07 Å². The van der Waals surface area contributed by atoms with E-state index in [0.29, 0.717) is 20.4 Å². The van der Waals surface area contributed by atoms with Crippen molar-refractivity contribution in [2.24, 2.45) is 0 Å². The monoisotopic (exact) mass is 421 g/mol. The van der Waals surface area contributed by atoms with Gasteiger partial charge in [0, 0.05) is 27.1 Å². The second-order valence-electron chi connectivity index (χ2n) is 5.09. The fraction of sp³-hybridized carbons (Fsp3) is 0.286. The second kappa shape index (κ2) is 7.18.